The molecule has 0 atom stereocenters. The molecule has 0 aliphatic carbocycles. The second-order valence-electron chi connectivity index (χ2n) is 6.08. The van der Waals surface area contributed by atoms with Crippen LogP contribution in [-0.4, -0.2) is 44.6 Å². The number of carboxylic acids is 1. The zero-order chi connectivity index (χ0) is 18.8. The SMILES string of the molecule is C1CCOC1.COCCOc1cc(C(=O)O)cc(-c2ccc(C)cc2)c1. The van der Waals surface area contributed by atoms with Crippen molar-refractivity contribution in [2.45, 2.75) is 19.8 Å². The van der Waals surface area contributed by atoms with Gasteiger partial charge in [-0.1, -0.05) is 29.8 Å². The van der Waals surface area contributed by atoms with Crippen molar-refractivity contribution in [3.8, 4) is 16.9 Å². The molecule has 2 aromatic carbocycles. The topological polar surface area (TPSA) is 65.0 Å². The van der Waals surface area contributed by atoms with Gasteiger partial charge in [-0.2, -0.15) is 0 Å². The van der Waals surface area contributed by atoms with Crippen LogP contribution >= 0.6 is 0 Å². The number of aryl methyl sites for hydroxylation is 1. The molecule has 1 N–H and O–H groups in total. The van der Waals surface area contributed by atoms with Crippen LogP contribution in [0.25, 0.3) is 11.1 Å². The molecule has 0 amide bonds. The fourth-order valence-electron chi connectivity index (χ4n) is 2.47. The van der Waals surface area contributed by atoms with Gasteiger partial charge in [0.25, 0.3) is 0 Å². The number of hydrogen-bond acceptors (Lipinski definition) is 4. The van der Waals surface area contributed by atoms with Crippen molar-refractivity contribution in [3.05, 3.63) is 53.6 Å². The number of ether oxygens (including phenoxy) is 3. The quantitative estimate of drug-likeness (QED) is 0.785. The Morgan fingerprint density at radius 2 is 1.73 bits per heavy atom. The van der Waals surface area contributed by atoms with Crippen LogP contribution in [0.4, 0.5) is 0 Å². The lowest BCUT2D eigenvalue weighted by molar-refractivity contribution is 0.0696. The zero-order valence-electron chi connectivity index (χ0n) is 15.4. The van der Waals surface area contributed by atoms with Crippen molar-refractivity contribution in [1.29, 1.82) is 0 Å². The summed E-state index contributed by atoms with van der Waals surface area (Å²) in [5.41, 5.74) is 3.15. The standard InChI is InChI=1S/C17H18O4.C4H8O/c1-12-3-5-13(6-4-12)14-9-15(17(18)19)11-16(10-14)21-8-7-20-2;1-2-4-5-3-1/h3-6,9-11H,7-8H2,1-2H3,(H,18,19);1-4H2. The highest BCUT2D eigenvalue weighted by Crippen LogP contribution is 2.26. The van der Waals surface area contributed by atoms with Crippen LogP contribution in [0.1, 0.15) is 28.8 Å². The molecule has 0 bridgehead atoms. The van der Waals surface area contributed by atoms with Crippen LogP contribution in [0, 0.1) is 6.92 Å². The van der Waals surface area contributed by atoms with Crippen molar-refractivity contribution in [3.63, 3.8) is 0 Å². The van der Waals surface area contributed by atoms with E-state index in [9.17, 15) is 9.90 Å². The maximum atomic E-state index is 11.2. The second kappa shape index (κ2) is 10.6. The number of rotatable bonds is 6. The van der Waals surface area contributed by atoms with Crippen LogP contribution in [0.3, 0.4) is 0 Å². The number of hydrogen-bond donors (Lipinski definition) is 1. The molecular formula is C21H26O5. The number of aromatic carboxylic acids is 1. The molecular weight excluding hydrogens is 332 g/mol. The van der Waals surface area contributed by atoms with Crippen LogP contribution in [0.5, 0.6) is 5.75 Å². The van der Waals surface area contributed by atoms with Gasteiger partial charge in [-0.15, -0.1) is 0 Å². The highest BCUT2D eigenvalue weighted by atomic mass is 16.5. The molecule has 0 spiro atoms. The van der Waals surface area contributed by atoms with E-state index in [0.29, 0.717) is 19.0 Å². The number of benzene rings is 2. The molecule has 0 unspecified atom stereocenters. The van der Waals surface area contributed by atoms with Crippen LogP contribution in [0.15, 0.2) is 42.5 Å². The minimum Gasteiger partial charge on any atom is -0.491 e. The van der Waals surface area contributed by atoms with E-state index in [2.05, 4.69) is 0 Å². The summed E-state index contributed by atoms with van der Waals surface area (Å²) in [5, 5.41) is 9.22. The van der Waals surface area contributed by atoms with Gasteiger partial charge in [0.2, 0.25) is 0 Å². The van der Waals surface area contributed by atoms with Gasteiger partial charge >= 0.3 is 5.97 Å². The van der Waals surface area contributed by atoms with E-state index in [4.69, 9.17) is 14.2 Å². The summed E-state index contributed by atoms with van der Waals surface area (Å²) in [4.78, 5) is 11.2. The van der Waals surface area contributed by atoms with E-state index in [1.807, 2.05) is 37.3 Å². The van der Waals surface area contributed by atoms with E-state index in [1.165, 1.54) is 18.9 Å². The van der Waals surface area contributed by atoms with Crippen molar-refractivity contribution < 1.29 is 24.1 Å². The molecule has 26 heavy (non-hydrogen) atoms. The molecule has 2 aromatic rings. The highest BCUT2D eigenvalue weighted by Gasteiger charge is 2.09. The Kier molecular flexibility index (Phi) is 8.12. The molecule has 0 saturated carbocycles. The van der Waals surface area contributed by atoms with Gasteiger partial charge in [-0.25, -0.2) is 4.79 Å². The predicted molar refractivity (Wildman–Crippen MR) is 101 cm³/mol. The minimum absolute atomic E-state index is 0.209. The Hall–Kier alpha value is -2.37. The predicted octanol–water partition coefficient (Wildman–Crippen LogP) is 4.18. The molecule has 1 heterocycles. The summed E-state index contributed by atoms with van der Waals surface area (Å²) < 4.78 is 15.4. The van der Waals surface area contributed by atoms with Crippen molar-refractivity contribution in [2.75, 3.05) is 33.5 Å². The average Bonchev–Trinajstić information content (AvgIpc) is 3.22. The molecule has 1 fully saturated rings. The van der Waals surface area contributed by atoms with Crippen LogP contribution in [-0.2, 0) is 9.47 Å². The molecule has 1 aliphatic rings. The van der Waals surface area contributed by atoms with Crippen LogP contribution < -0.4 is 4.74 Å². The molecule has 3 rings (SSSR count). The van der Waals surface area contributed by atoms with Gasteiger partial charge in [0, 0.05) is 20.3 Å². The summed E-state index contributed by atoms with van der Waals surface area (Å²) in [6, 6.07) is 12.9. The fourth-order valence-corrected chi connectivity index (χ4v) is 2.47. The zero-order valence-corrected chi connectivity index (χ0v) is 15.4. The summed E-state index contributed by atoms with van der Waals surface area (Å²) in [6.45, 7) is 4.85. The van der Waals surface area contributed by atoms with Gasteiger partial charge in [0.05, 0.1) is 12.2 Å². The third-order valence-corrected chi connectivity index (χ3v) is 3.92. The Bertz CT molecular complexity index is 682. The molecule has 5 heteroatoms. The molecule has 0 radical (unpaired) electrons. The first-order valence-corrected chi connectivity index (χ1v) is 8.75. The lowest BCUT2D eigenvalue weighted by Gasteiger charge is -2.10. The first-order chi connectivity index (χ1) is 12.6. The highest BCUT2D eigenvalue weighted by molar-refractivity contribution is 5.90. The smallest absolute Gasteiger partial charge is 0.335 e. The Morgan fingerprint density at radius 1 is 1.04 bits per heavy atom. The summed E-state index contributed by atoms with van der Waals surface area (Å²) in [7, 11) is 1.59. The fraction of sp³-hybridized carbons (Fsp3) is 0.381. The van der Waals surface area contributed by atoms with E-state index in [0.717, 1.165) is 29.9 Å². The largest absolute Gasteiger partial charge is 0.491 e. The van der Waals surface area contributed by atoms with Crippen molar-refractivity contribution in [2.24, 2.45) is 0 Å². The van der Waals surface area contributed by atoms with Gasteiger partial charge < -0.3 is 19.3 Å². The maximum absolute atomic E-state index is 11.2. The van der Waals surface area contributed by atoms with Crippen molar-refractivity contribution in [1.82, 2.24) is 0 Å². The lowest BCUT2D eigenvalue weighted by Crippen LogP contribution is -2.05. The molecule has 1 aliphatic heterocycles. The summed E-state index contributed by atoms with van der Waals surface area (Å²) >= 11 is 0. The van der Waals surface area contributed by atoms with Gasteiger partial charge in [0.15, 0.2) is 0 Å². The Morgan fingerprint density at radius 3 is 2.27 bits per heavy atom. The normalized spacial score (nSPS) is 13.0. The Labute approximate surface area is 154 Å². The monoisotopic (exact) mass is 358 g/mol. The lowest BCUT2D eigenvalue weighted by atomic mass is 10.0. The van der Waals surface area contributed by atoms with E-state index >= 15 is 0 Å². The van der Waals surface area contributed by atoms with Crippen LogP contribution in [0.2, 0.25) is 0 Å². The average molecular weight is 358 g/mol. The molecule has 0 aromatic heterocycles. The first kappa shape index (κ1) is 19.9. The number of methoxy groups -OCH3 is 1. The maximum Gasteiger partial charge on any atom is 0.335 e. The van der Waals surface area contributed by atoms with Gasteiger partial charge in [-0.3, -0.25) is 0 Å². The summed E-state index contributed by atoms with van der Waals surface area (Å²) in [6.07, 6.45) is 2.56. The Balaban J connectivity index is 0.000000417. The molecule has 140 valence electrons. The van der Waals surface area contributed by atoms with Gasteiger partial charge in [0.1, 0.15) is 12.4 Å². The van der Waals surface area contributed by atoms with E-state index in [1.54, 1.807) is 13.2 Å². The third kappa shape index (κ3) is 6.50. The third-order valence-electron chi connectivity index (χ3n) is 3.92. The minimum atomic E-state index is -0.972. The second-order valence-corrected chi connectivity index (χ2v) is 6.08. The molecule has 5 nitrogen and oxygen atoms in total. The number of carbonyl (C=O) groups is 1. The summed E-state index contributed by atoms with van der Waals surface area (Å²) in [5.74, 6) is -0.442. The van der Waals surface area contributed by atoms with Crippen molar-refractivity contribution >= 4 is 5.97 Å². The molecule has 1 saturated heterocycles. The first-order valence-electron chi connectivity index (χ1n) is 8.75. The van der Waals surface area contributed by atoms with E-state index in [-0.39, 0.29) is 5.56 Å². The van der Waals surface area contributed by atoms with Gasteiger partial charge in [-0.05, 0) is 49.1 Å². The van der Waals surface area contributed by atoms with E-state index < -0.39 is 5.97 Å². The number of carboxylic acid groups (broad SMARTS) is 1.